The average Bonchev–Trinajstić information content (AvgIpc) is 3.07. The molecule has 0 heterocycles. The molecule has 0 radical (unpaired) electrons. The molecule has 0 saturated heterocycles. The van der Waals surface area contributed by atoms with Crippen molar-refractivity contribution in [1.82, 2.24) is 5.32 Å². The minimum Gasteiger partial charge on any atom is -0.497 e. The van der Waals surface area contributed by atoms with E-state index < -0.39 is 0 Å². The van der Waals surface area contributed by atoms with Crippen molar-refractivity contribution in [3.05, 3.63) is 29.8 Å². The highest BCUT2D eigenvalue weighted by Gasteiger charge is 2.36. The Bertz CT molecular complexity index is 354. The molecule has 0 aliphatic heterocycles. The fourth-order valence-corrected chi connectivity index (χ4v) is 2.00. The van der Waals surface area contributed by atoms with Crippen molar-refractivity contribution in [2.24, 2.45) is 5.41 Å². The minimum absolute atomic E-state index is 0.542. The molecule has 2 nitrogen and oxygen atoms in total. The summed E-state index contributed by atoms with van der Waals surface area (Å²) in [6.07, 6.45) is 3.85. The van der Waals surface area contributed by atoms with Crippen molar-refractivity contribution < 1.29 is 4.74 Å². The Morgan fingerprint density at radius 1 is 1.29 bits per heavy atom. The predicted octanol–water partition coefficient (Wildman–Crippen LogP) is 3.02. The number of rotatable bonds is 6. The van der Waals surface area contributed by atoms with Gasteiger partial charge in [-0.2, -0.15) is 0 Å². The maximum absolute atomic E-state index is 5.16. The van der Waals surface area contributed by atoms with E-state index in [0.717, 1.165) is 18.7 Å². The Morgan fingerprint density at radius 2 is 1.94 bits per heavy atom. The van der Waals surface area contributed by atoms with Gasteiger partial charge in [0.1, 0.15) is 5.75 Å². The Kier molecular flexibility index (Phi) is 3.72. The van der Waals surface area contributed by atoms with Gasteiger partial charge in [0.25, 0.3) is 0 Å². The molecule has 1 unspecified atom stereocenters. The predicted molar refractivity (Wildman–Crippen MR) is 71.5 cm³/mol. The highest BCUT2D eigenvalue weighted by molar-refractivity contribution is 5.27. The Balaban J connectivity index is 1.78. The molecular weight excluding hydrogens is 210 g/mol. The molecule has 0 bridgehead atoms. The lowest BCUT2D eigenvalue weighted by molar-refractivity contribution is 0.414. The zero-order valence-corrected chi connectivity index (χ0v) is 11.1. The van der Waals surface area contributed by atoms with Crippen molar-refractivity contribution in [1.29, 1.82) is 0 Å². The summed E-state index contributed by atoms with van der Waals surface area (Å²) in [6, 6.07) is 8.90. The van der Waals surface area contributed by atoms with E-state index in [4.69, 9.17) is 4.74 Å². The average molecular weight is 233 g/mol. The van der Waals surface area contributed by atoms with Crippen LogP contribution in [0.3, 0.4) is 0 Å². The maximum atomic E-state index is 5.16. The van der Waals surface area contributed by atoms with Crippen molar-refractivity contribution in [3.8, 4) is 5.75 Å². The van der Waals surface area contributed by atoms with Gasteiger partial charge in [-0.25, -0.2) is 0 Å². The fourth-order valence-electron chi connectivity index (χ4n) is 2.00. The van der Waals surface area contributed by atoms with E-state index in [-0.39, 0.29) is 0 Å². The van der Waals surface area contributed by atoms with Gasteiger partial charge >= 0.3 is 0 Å². The van der Waals surface area contributed by atoms with Crippen LogP contribution >= 0.6 is 0 Å². The van der Waals surface area contributed by atoms with Gasteiger partial charge in [0, 0.05) is 12.6 Å². The van der Waals surface area contributed by atoms with Gasteiger partial charge in [-0.05, 0) is 49.3 Å². The number of hydrogen-bond acceptors (Lipinski definition) is 2. The van der Waals surface area contributed by atoms with Crippen molar-refractivity contribution in [2.75, 3.05) is 13.7 Å². The fraction of sp³-hybridized carbons (Fsp3) is 0.600. The SMILES string of the molecule is COc1ccc(CC(C)NCC2(C)CC2)cc1. The summed E-state index contributed by atoms with van der Waals surface area (Å²) in [7, 11) is 1.70. The first-order valence-corrected chi connectivity index (χ1v) is 6.48. The van der Waals surface area contributed by atoms with E-state index in [1.807, 2.05) is 12.1 Å². The molecule has 2 heteroatoms. The first kappa shape index (κ1) is 12.4. The molecule has 1 N–H and O–H groups in total. The lowest BCUT2D eigenvalue weighted by Crippen LogP contribution is -2.32. The van der Waals surface area contributed by atoms with E-state index in [2.05, 4.69) is 31.3 Å². The standard InChI is InChI=1S/C15H23NO/c1-12(16-11-15(2)8-9-15)10-13-4-6-14(17-3)7-5-13/h4-7,12,16H,8-11H2,1-3H3. The molecule has 0 spiro atoms. The summed E-state index contributed by atoms with van der Waals surface area (Å²) in [5.41, 5.74) is 1.96. The summed E-state index contributed by atoms with van der Waals surface area (Å²) in [4.78, 5) is 0. The zero-order chi connectivity index (χ0) is 12.3. The third-order valence-corrected chi connectivity index (χ3v) is 3.68. The summed E-state index contributed by atoms with van der Waals surface area (Å²) in [6.45, 7) is 5.78. The number of hydrogen-bond donors (Lipinski definition) is 1. The summed E-state index contributed by atoms with van der Waals surface area (Å²) in [5, 5.41) is 3.63. The highest BCUT2D eigenvalue weighted by Crippen LogP contribution is 2.44. The van der Waals surface area contributed by atoms with Crippen LogP contribution in [0.1, 0.15) is 32.3 Å². The lowest BCUT2D eigenvalue weighted by Gasteiger charge is -2.17. The Labute approximate surface area is 104 Å². The van der Waals surface area contributed by atoms with Crippen LogP contribution in [0.25, 0.3) is 0 Å². The number of methoxy groups -OCH3 is 1. The highest BCUT2D eigenvalue weighted by atomic mass is 16.5. The molecular formula is C15H23NO. The van der Waals surface area contributed by atoms with Gasteiger partial charge < -0.3 is 10.1 Å². The summed E-state index contributed by atoms with van der Waals surface area (Å²) in [5.74, 6) is 0.930. The smallest absolute Gasteiger partial charge is 0.118 e. The first-order valence-electron chi connectivity index (χ1n) is 6.48. The molecule has 1 saturated carbocycles. The molecule has 1 aromatic carbocycles. The molecule has 2 rings (SSSR count). The number of benzene rings is 1. The van der Waals surface area contributed by atoms with E-state index >= 15 is 0 Å². The van der Waals surface area contributed by atoms with E-state index in [1.54, 1.807) is 7.11 Å². The normalized spacial score (nSPS) is 18.8. The van der Waals surface area contributed by atoms with Crippen molar-refractivity contribution in [3.63, 3.8) is 0 Å². The zero-order valence-electron chi connectivity index (χ0n) is 11.1. The second-order valence-corrected chi connectivity index (χ2v) is 5.64. The second kappa shape index (κ2) is 5.09. The van der Waals surface area contributed by atoms with E-state index in [9.17, 15) is 0 Å². The molecule has 94 valence electrons. The quantitative estimate of drug-likeness (QED) is 0.815. The summed E-state index contributed by atoms with van der Waals surface area (Å²) < 4.78 is 5.16. The monoisotopic (exact) mass is 233 g/mol. The van der Waals surface area contributed by atoms with Crippen molar-refractivity contribution in [2.45, 2.75) is 39.2 Å². The van der Waals surface area contributed by atoms with Gasteiger partial charge in [0.2, 0.25) is 0 Å². The largest absolute Gasteiger partial charge is 0.497 e. The molecule has 1 aliphatic carbocycles. The van der Waals surface area contributed by atoms with Crippen LogP contribution in [0.4, 0.5) is 0 Å². The second-order valence-electron chi connectivity index (χ2n) is 5.64. The Hall–Kier alpha value is -1.02. The van der Waals surface area contributed by atoms with Crippen molar-refractivity contribution >= 4 is 0 Å². The molecule has 1 aromatic rings. The van der Waals surface area contributed by atoms with Crippen LogP contribution in [0, 0.1) is 5.41 Å². The minimum atomic E-state index is 0.542. The molecule has 0 aromatic heterocycles. The lowest BCUT2D eigenvalue weighted by atomic mass is 10.1. The van der Waals surface area contributed by atoms with Crippen LogP contribution in [-0.4, -0.2) is 19.7 Å². The maximum Gasteiger partial charge on any atom is 0.118 e. The first-order chi connectivity index (χ1) is 8.11. The Morgan fingerprint density at radius 3 is 2.47 bits per heavy atom. The van der Waals surface area contributed by atoms with Crippen LogP contribution in [0.15, 0.2) is 24.3 Å². The third kappa shape index (κ3) is 3.74. The third-order valence-electron chi connectivity index (χ3n) is 3.68. The number of nitrogens with one attached hydrogen (secondary N) is 1. The van der Waals surface area contributed by atoms with Gasteiger partial charge in [-0.1, -0.05) is 19.1 Å². The molecule has 1 aliphatic rings. The molecule has 17 heavy (non-hydrogen) atoms. The van der Waals surface area contributed by atoms with Crippen LogP contribution in [0.5, 0.6) is 5.75 Å². The van der Waals surface area contributed by atoms with Gasteiger partial charge in [-0.3, -0.25) is 0 Å². The van der Waals surface area contributed by atoms with E-state index in [0.29, 0.717) is 11.5 Å². The topological polar surface area (TPSA) is 21.3 Å². The molecule has 1 fully saturated rings. The number of ether oxygens (including phenoxy) is 1. The van der Waals surface area contributed by atoms with E-state index in [1.165, 1.54) is 18.4 Å². The van der Waals surface area contributed by atoms with Gasteiger partial charge in [0.15, 0.2) is 0 Å². The van der Waals surface area contributed by atoms with Crippen LogP contribution in [0.2, 0.25) is 0 Å². The van der Waals surface area contributed by atoms with Crippen LogP contribution in [-0.2, 0) is 6.42 Å². The van der Waals surface area contributed by atoms with Crippen LogP contribution < -0.4 is 10.1 Å². The van der Waals surface area contributed by atoms with Gasteiger partial charge in [0.05, 0.1) is 7.11 Å². The summed E-state index contributed by atoms with van der Waals surface area (Å²) >= 11 is 0. The molecule has 0 amide bonds. The molecule has 1 atom stereocenters. The van der Waals surface area contributed by atoms with Gasteiger partial charge in [-0.15, -0.1) is 0 Å².